The van der Waals surface area contributed by atoms with Gasteiger partial charge in [-0.3, -0.25) is 4.79 Å². The van der Waals surface area contributed by atoms with Gasteiger partial charge in [0.2, 0.25) is 0 Å². The maximum atomic E-state index is 14.0. The van der Waals surface area contributed by atoms with Crippen molar-refractivity contribution in [3.63, 3.8) is 0 Å². The van der Waals surface area contributed by atoms with Crippen molar-refractivity contribution in [1.29, 1.82) is 0 Å². The average molecular weight is 438 g/mol. The number of hydrogen-bond donors (Lipinski definition) is 1. The molecule has 0 radical (unpaired) electrons. The highest BCUT2D eigenvalue weighted by Crippen LogP contribution is 2.30. The summed E-state index contributed by atoms with van der Waals surface area (Å²) in [5.41, 5.74) is 1.11. The van der Waals surface area contributed by atoms with Crippen molar-refractivity contribution in [1.82, 2.24) is 0 Å². The standard InChI is InChI=1S/C22H16Cl2F3NO/c1-12-18(10-17(25)22(27)21(12)26)28-19(13-2-6-15(23)7-3-13)11-20(29)14-4-8-16(24)9-5-14/h2-10,19,28H,11H2,1H3. The minimum atomic E-state index is -1.53. The van der Waals surface area contributed by atoms with Crippen molar-refractivity contribution in [2.45, 2.75) is 19.4 Å². The Morgan fingerprint density at radius 2 is 1.48 bits per heavy atom. The molecule has 3 aromatic carbocycles. The summed E-state index contributed by atoms with van der Waals surface area (Å²) < 4.78 is 41.2. The van der Waals surface area contributed by atoms with E-state index in [1.807, 2.05) is 0 Å². The first kappa shape index (κ1) is 21.2. The molecule has 3 aromatic rings. The van der Waals surface area contributed by atoms with E-state index in [0.29, 0.717) is 21.2 Å². The van der Waals surface area contributed by atoms with Gasteiger partial charge < -0.3 is 5.32 Å². The molecule has 0 fully saturated rings. The largest absolute Gasteiger partial charge is 0.377 e. The summed E-state index contributed by atoms with van der Waals surface area (Å²) >= 11 is 11.8. The maximum Gasteiger partial charge on any atom is 0.194 e. The molecule has 7 heteroatoms. The van der Waals surface area contributed by atoms with Crippen LogP contribution in [0.2, 0.25) is 10.0 Å². The van der Waals surface area contributed by atoms with Gasteiger partial charge in [-0.05, 0) is 48.9 Å². The molecule has 0 saturated carbocycles. The molecule has 2 nitrogen and oxygen atoms in total. The molecule has 1 unspecified atom stereocenters. The highest BCUT2D eigenvalue weighted by molar-refractivity contribution is 6.30. The Kier molecular flexibility index (Phi) is 6.50. The van der Waals surface area contributed by atoms with Crippen molar-refractivity contribution in [2.24, 2.45) is 0 Å². The number of anilines is 1. The lowest BCUT2D eigenvalue weighted by atomic mass is 9.97. The zero-order chi connectivity index (χ0) is 21.1. The number of halogens is 5. The normalized spacial score (nSPS) is 11.9. The summed E-state index contributed by atoms with van der Waals surface area (Å²) in [7, 11) is 0. The van der Waals surface area contributed by atoms with Crippen molar-refractivity contribution >= 4 is 34.7 Å². The molecule has 0 amide bonds. The van der Waals surface area contributed by atoms with Gasteiger partial charge >= 0.3 is 0 Å². The van der Waals surface area contributed by atoms with Crippen LogP contribution in [0.1, 0.15) is 33.9 Å². The number of nitrogens with one attached hydrogen (secondary N) is 1. The first-order valence-corrected chi connectivity index (χ1v) is 9.46. The fourth-order valence-electron chi connectivity index (χ4n) is 2.91. The van der Waals surface area contributed by atoms with Gasteiger partial charge in [-0.15, -0.1) is 0 Å². The van der Waals surface area contributed by atoms with Gasteiger partial charge in [0.25, 0.3) is 0 Å². The minimum Gasteiger partial charge on any atom is -0.377 e. The summed E-state index contributed by atoms with van der Waals surface area (Å²) in [5, 5.41) is 3.98. The smallest absolute Gasteiger partial charge is 0.194 e. The van der Waals surface area contributed by atoms with E-state index in [-0.39, 0.29) is 23.5 Å². The summed E-state index contributed by atoms with van der Waals surface area (Å²) in [6, 6.07) is 13.4. The maximum absolute atomic E-state index is 14.0. The van der Waals surface area contributed by atoms with Crippen LogP contribution in [0, 0.1) is 24.4 Å². The van der Waals surface area contributed by atoms with Gasteiger partial charge in [0.15, 0.2) is 23.2 Å². The Bertz CT molecular complexity index is 1040. The molecule has 0 aliphatic rings. The third-order valence-electron chi connectivity index (χ3n) is 4.56. The van der Waals surface area contributed by atoms with Gasteiger partial charge in [-0.2, -0.15) is 0 Å². The molecule has 0 aromatic heterocycles. The molecular formula is C22H16Cl2F3NO. The number of carbonyl (C=O) groups excluding carboxylic acids is 1. The van der Waals surface area contributed by atoms with Crippen molar-refractivity contribution in [3.8, 4) is 0 Å². The number of benzene rings is 3. The monoisotopic (exact) mass is 437 g/mol. The fraction of sp³-hybridized carbons (Fsp3) is 0.136. The van der Waals surface area contributed by atoms with Crippen LogP contribution >= 0.6 is 23.2 Å². The number of carbonyl (C=O) groups is 1. The van der Waals surface area contributed by atoms with E-state index in [1.165, 1.54) is 6.92 Å². The van der Waals surface area contributed by atoms with Crippen LogP contribution < -0.4 is 5.32 Å². The second kappa shape index (κ2) is 8.89. The topological polar surface area (TPSA) is 29.1 Å². The lowest BCUT2D eigenvalue weighted by Gasteiger charge is -2.22. The predicted molar refractivity (Wildman–Crippen MR) is 109 cm³/mol. The Balaban J connectivity index is 1.95. The number of Topliss-reactive ketones (excluding diaryl/α,β-unsaturated/α-hetero) is 1. The molecule has 0 aliphatic carbocycles. The van der Waals surface area contributed by atoms with Gasteiger partial charge in [-0.25, -0.2) is 13.2 Å². The SMILES string of the molecule is Cc1c(NC(CC(=O)c2ccc(Cl)cc2)c2ccc(Cl)cc2)cc(F)c(F)c1F. The van der Waals surface area contributed by atoms with Crippen LogP contribution in [0.25, 0.3) is 0 Å². The van der Waals surface area contributed by atoms with Crippen LogP contribution in [0.3, 0.4) is 0 Å². The number of ketones is 1. The zero-order valence-corrected chi connectivity index (χ0v) is 16.8. The van der Waals surface area contributed by atoms with E-state index < -0.39 is 23.5 Å². The quantitative estimate of drug-likeness (QED) is 0.327. The summed E-state index contributed by atoms with van der Waals surface area (Å²) in [4.78, 5) is 12.8. The third-order valence-corrected chi connectivity index (χ3v) is 5.07. The van der Waals surface area contributed by atoms with Crippen LogP contribution in [0.4, 0.5) is 18.9 Å². The molecule has 1 N–H and O–H groups in total. The van der Waals surface area contributed by atoms with E-state index in [2.05, 4.69) is 5.32 Å². The fourth-order valence-corrected chi connectivity index (χ4v) is 3.16. The van der Waals surface area contributed by atoms with E-state index in [1.54, 1.807) is 48.5 Å². The first-order chi connectivity index (χ1) is 13.8. The van der Waals surface area contributed by atoms with Crippen LogP contribution in [0.15, 0.2) is 54.6 Å². The average Bonchev–Trinajstić information content (AvgIpc) is 2.70. The summed E-state index contributed by atoms with van der Waals surface area (Å²) in [5.74, 6) is -4.32. The number of rotatable bonds is 6. The van der Waals surface area contributed by atoms with Gasteiger partial charge in [0, 0.05) is 39.3 Å². The van der Waals surface area contributed by atoms with Crippen LogP contribution in [-0.2, 0) is 0 Å². The first-order valence-electron chi connectivity index (χ1n) is 8.71. The molecule has 1 atom stereocenters. The molecular weight excluding hydrogens is 422 g/mol. The highest BCUT2D eigenvalue weighted by Gasteiger charge is 2.21. The molecule has 29 heavy (non-hydrogen) atoms. The molecule has 150 valence electrons. The third kappa shape index (κ3) is 4.92. The lowest BCUT2D eigenvalue weighted by Crippen LogP contribution is -2.17. The van der Waals surface area contributed by atoms with Gasteiger partial charge in [-0.1, -0.05) is 35.3 Å². The molecule has 0 saturated heterocycles. The second-order valence-corrected chi connectivity index (χ2v) is 7.41. The van der Waals surface area contributed by atoms with Gasteiger partial charge in [0.1, 0.15) is 0 Å². The lowest BCUT2D eigenvalue weighted by molar-refractivity contribution is 0.0976. The number of hydrogen-bond acceptors (Lipinski definition) is 2. The highest BCUT2D eigenvalue weighted by atomic mass is 35.5. The van der Waals surface area contributed by atoms with Crippen molar-refractivity contribution in [3.05, 3.63) is 98.8 Å². The second-order valence-electron chi connectivity index (χ2n) is 6.54. The van der Waals surface area contributed by atoms with Crippen LogP contribution in [0.5, 0.6) is 0 Å². The van der Waals surface area contributed by atoms with Crippen LogP contribution in [-0.4, -0.2) is 5.78 Å². The van der Waals surface area contributed by atoms with E-state index in [4.69, 9.17) is 23.2 Å². The Labute approximate surface area is 176 Å². The molecule has 0 heterocycles. The van der Waals surface area contributed by atoms with E-state index >= 15 is 0 Å². The molecule has 0 aliphatic heterocycles. The molecule has 0 spiro atoms. The minimum absolute atomic E-state index is 0.0106. The molecule has 3 rings (SSSR count). The van der Waals surface area contributed by atoms with Crippen molar-refractivity contribution < 1.29 is 18.0 Å². The van der Waals surface area contributed by atoms with Gasteiger partial charge in [0.05, 0.1) is 6.04 Å². The Morgan fingerprint density at radius 3 is 2.07 bits per heavy atom. The predicted octanol–water partition coefficient (Wildman–Crippen LogP) is 7.15. The van der Waals surface area contributed by atoms with E-state index in [0.717, 1.165) is 6.07 Å². The summed E-state index contributed by atoms with van der Waals surface area (Å²) in [6.07, 6.45) is -0.0106. The zero-order valence-electron chi connectivity index (χ0n) is 15.3. The molecule has 0 bridgehead atoms. The summed E-state index contributed by atoms with van der Waals surface area (Å²) in [6.45, 7) is 1.33. The van der Waals surface area contributed by atoms with Crippen molar-refractivity contribution in [2.75, 3.05) is 5.32 Å². The Morgan fingerprint density at radius 1 is 0.931 bits per heavy atom. The Hall–Kier alpha value is -2.50. The van der Waals surface area contributed by atoms with E-state index in [9.17, 15) is 18.0 Å².